The van der Waals surface area contributed by atoms with Crippen LogP contribution in [0.25, 0.3) is 0 Å². The first-order valence-electron chi connectivity index (χ1n) is 4.79. The number of ether oxygens (including phenoxy) is 2. The SMILES string of the molecule is CCOCCN(CCOCC)OC. The van der Waals surface area contributed by atoms with Gasteiger partial charge in [-0.3, -0.25) is 0 Å². The second kappa shape index (κ2) is 9.92. The van der Waals surface area contributed by atoms with Crippen molar-refractivity contribution in [2.75, 3.05) is 46.6 Å². The van der Waals surface area contributed by atoms with Gasteiger partial charge in [0.1, 0.15) is 0 Å². The average molecular weight is 191 g/mol. The molecule has 0 aromatic rings. The summed E-state index contributed by atoms with van der Waals surface area (Å²) < 4.78 is 10.4. The van der Waals surface area contributed by atoms with Crippen LogP contribution in [0, 0.1) is 0 Å². The van der Waals surface area contributed by atoms with Crippen molar-refractivity contribution in [2.24, 2.45) is 0 Å². The number of nitrogens with zero attached hydrogens (tertiary/aromatic N) is 1. The lowest BCUT2D eigenvalue weighted by Gasteiger charge is -2.18. The third-order valence-corrected chi connectivity index (χ3v) is 1.64. The molecular weight excluding hydrogens is 170 g/mol. The van der Waals surface area contributed by atoms with Crippen molar-refractivity contribution in [1.29, 1.82) is 0 Å². The van der Waals surface area contributed by atoms with Gasteiger partial charge in [0.2, 0.25) is 0 Å². The second-order valence-electron chi connectivity index (χ2n) is 2.51. The molecular formula is C9H21NO3. The van der Waals surface area contributed by atoms with E-state index < -0.39 is 0 Å². The van der Waals surface area contributed by atoms with Gasteiger partial charge in [0.05, 0.1) is 20.3 Å². The van der Waals surface area contributed by atoms with Crippen LogP contribution in [-0.4, -0.2) is 51.7 Å². The number of hydrogen-bond donors (Lipinski definition) is 0. The zero-order valence-corrected chi connectivity index (χ0v) is 8.91. The van der Waals surface area contributed by atoms with Crippen LogP contribution in [-0.2, 0) is 14.3 Å². The first kappa shape index (κ1) is 12.8. The maximum atomic E-state index is 5.21. The Balaban J connectivity index is 3.28. The molecule has 0 aromatic carbocycles. The summed E-state index contributed by atoms with van der Waals surface area (Å²) in [7, 11) is 1.66. The molecule has 0 aromatic heterocycles. The van der Waals surface area contributed by atoms with Crippen LogP contribution in [0.1, 0.15) is 13.8 Å². The Morgan fingerprint density at radius 2 is 1.38 bits per heavy atom. The molecule has 0 radical (unpaired) electrons. The maximum Gasteiger partial charge on any atom is 0.0616 e. The molecule has 0 spiro atoms. The number of hydroxylamine groups is 2. The van der Waals surface area contributed by atoms with Gasteiger partial charge in [-0.25, -0.2) is 0 Å². The average Bonchev–Trinajstić information content (AvgIpc) is 2.16. The Hall–Kier alpha value is -0.160. The summed E-state index contributed by atoms with van der Waals surface area (Å²) in [6.45, 7) is 8.46. The minimum atomic E-state index is 0.705. The van der Waals surface area contributed by atoms with Crippen molar-refractivity contribution in [3.05, 3.63) is 0 Å². The van der Waals surface area contributed by atoms with E-state index in [1.165, 1.54) is 0 Å². The molecule has 0 aliphatic carbocycles. The van der Waals surface area contributed by atoms with Crippen LogP contribution in [0.15, 0.2) is 0 Å². The fraction of sp³-hybridized carbons (Fsp3) is 1.00. The van der Waals surface area contributed by atoms with Crippen LogP contribution >= 0.6 is 0 Å². The molecule has 0 saturated carbocycles. The van der Waals surface area contributed by atoms with Crippen molar-refractivity contribution in [1.82, 2.24) is 5.06 Å². The van der Waals surface area contributed by atoms with E-state index in [0.717, 1.165) is 26.3 Å². The number of hydrogen-bond acceptors (Lipinski definition) is 4. The van der Waals surface area contributed by atoms with Gasteiger partial charge in [-0.05, 0) is 13.8 Å². The largest absolute Gasteiger partial charge is 0.380 e. The Morgan fingerprint density at radius 3 is 1.69 bits per heavy atom. The predicted molar refractivity (Wildman–Crippen MR) is 51.6 cm³/mol. The van der Waals surface area contributed by atoms with E-state index in [1.54, 1.807) is 7.11 Å². The van der Waals surface area contributed by atoms with Gasteiger partial charge in [0.25, 0.3) is 0 Å². The van der Waals surface area contributed by atoms with Crippen LogP contribution < -0.4 is 0 Å². The molecule has 0 N–H and O–H groups in total. The summed E-state index contributed by atoms with van der Waals surface area (Å²) in [4.78, 5) is 5.12. The van der Waals surface area contributed by atoms with Crippen molar-refractivity contribution in [3.8, 4) is 0 Å². The smallest absolute Gasteiger partial charge is 0.0616 e. The van der Waals surface area contributed by atoms with E-state index >= 15 is 0 Å². The summed E-state index contributed by atoms with van der Waals surface area (Å²) in [5, 5.41) is 1.84. The normalized spacial score (nSPS) is 11.1. The fourth-order valence-electron chi connectivity index (χ4n) is 0.916. The zero-order valence-electron chi connectivity index (χ0n) is 8.91. The van der Waals surface area contributed by atoms with E-state index in [1.807, 2.05) is 18.9 Å². The molecule has 4 nitrogen and oxygen atoms in total. The molecule has 0 heterocycles. The Morgan fingerprint density at radius 1 is 0.923 bits per heavy atom. The lowest BCUT2D eigenvalue weighted by Crippen LogP contribution is -2.30. The molecule has 0 atom stereocenters. The highest BCUT2D eigenvalue weighted by Crippen LogP contribution is 1.89. The molecule has 0 unspecified atom stereocenters. The van der Waals surface area contributed by atoms with E-state index in [0.29, 0.717) is 13.2 Å². The first-order valence-corrected chi connectivity index (χ1v) is 4.79. The standard InChI is InChI=1S/C9H21NO3/c1-4-12-8-6-10(11-3)7-9-13-5-2/h4-9H2,1-3H3. The highest BCUT2D eigenvalue weighted by atomic mass is 16.7. The van der Waals surface area contributed by atoms with Crippen LogP contribution in [0.2, 0.25) is 0 Å². The van der Waals surface area contributed by atoms with Crippen molar-refractivity contribution in [3.63, 3.8) is 0 Å². The monoisotopic (exact) mass is 191 g/mol. The molecule has 0 aliphatic rings. The molecule has 0 bridgehead atoms. The van der Waals surface area contributed by atoms with Crippen molar-refractivity contribution >= 4 is 0 Å². The third kappa shape index (κ3) is 8.18. The van der Waals surface area contributed by atoms with Crippen molar-refractivity contribution in [2.45, 2.75) is 13.8 Å². The minimum Gasteiger partial charge on any atom is -0.380 e. The molecule has 0 fully saturated rings. The second-order valence-corrected chi connectivity index (χ2v) is 2.51. The summed E-state index contributed by atoms with van der Waals surface area (Å²) in [6, 6.07) is 0. The molecule has 0 saturated heterocycles. The van der Waals surface area contributed by atoms with E-state index in [-0.39, 0.29) is 0 Å². The quantitative estimate of drug-likeness (QED) is 0.400. The molecule has 80 valence electrons. The Kier molecular flexibility index (Phi) is 9.80. The molecule has 0 rings (SSSR count). The summed E-state index contributed by atoms with van der Waals surface area (Å²) in [6.07, 6.45) is 0. The predicted octanol–water partition coefficient (Wildman–Crippen LogP) is 0.923. The van der Waals surface area contributed by atoms with E-state index in [2.05, 4.69) is 0 Å². The molecule has 4 heteroatoms. The van der Waals surface area contributed by atoms with Crippen LogP contribution in [0.4, 0.5) is 0 Å². The first-order chi connectivity index (χ1) is 6.35. The van der Waals surface area contributed by atoms with Crippen LogP contribution in [0.3, 0.4) is 0 Å². The van der Waals surface area contributed by atoms with Gasteiger partial charge in [0.15, 0.2) is 0 Å². The Bertz CT molecular complexity index is 90.9. The topological polar surface area (TPSA) is 30.9 Å². The molecule has 13 heavy (non-hydrogen) atoms. The van der Waals surface area contributed by atoms with Gasteiger partial charge in [-0.15, -0.1) is 0 Å². The van der Waals surface area contributed by atoms with Gasteiger partial charge < -0.3 is 14.3 Å². The fourth-order valence-corrected chi connectivity index (χ4v) is 0.916. The third-order valence-electron chi connectivity index (χ3n) is 1.64. The lowest BCUT2D eigenvalue weighted by molar-refractivity contribution is -0.148. The summed E-state index contributed by atoms with van der Waals surface area (Å²) in [5.41, 5.74) is 0. The highest BCUT2D eigenvalue weighted by molar-refractivity contribution is 4.44. The van der Waals surface area contributed by atoms with Crippen LogP contribution in [0.5, 0.6) is 0 Å². The Labute approximate surface area is 80.7 Å². The van der Waals surface area contributed by atoms with E-state index in [4.69, 9.17) is 14.3 Å². The maximum absolute atomic E-state index is 5.21. The van der Waals surface area contributed by atoms with Gasteiger partial charge >= 0.3 is 0 Å². The minimum absolute atomic E-state index is 0.705. The molecule has 0 aliphatic heterocycles. The lowest BCUT2D eigenvalue weighted by atomic mass is 10.6. The van der Waals surface area contributed by atoms with Gasteiger partial charge in [-0.1, -0.05) is 0 Å². The van der Waals surface area contributed by atoms with Crippen molar-refractivity contribution < 1.29 is 14.3 Å². The summed E-state index contributed by atoms with van der Waals surface area (Å²) in [5.74, 6) is 0. The zero-order chi connectivity index (χ0) is 9.94. The van der Waals surface area contributed by atoms with Gasteiger partial charge in [-0.2, -0.15) is 5.06 Å². The number of rotatable bonds is 9. The molecule has 0 amide bonds. The summed E-state index contributed by atoms with van der Waals surface area (Å²) >= 11 is 0. The highest BCUT2D eigenvalue weighted by Gasteiger charge is 2.01. The van der Waals surface area contributed by atoms with Gasteiger partial charge in [0, 0.05) is 26.3 Å². The van der Waals surface area contributed by atoms with E-state index in [9.17, 15) is 0 Å².